The molecule has 30 heavy (non-hydrogen) atoms. The number of guanidine groups is 1. The Labute approximate surface area is 181 Å². The minimum atomic E-state index is 0.431. The Balaban J connectivity index is 1.50. The van der Waals surface area contributed by atoms with Gasteiger partial charge in [-0.3, -0.25) is 4.90 Å². The smallest absolute Gasteiger partial charge is 0.191 e. The van der Waals surface area contributed by atoms with Crippen molar-refractivity contribution in [2.75, 3.05) is 32.8 Å². The van der Waals surface area contributed by atoms with E-state index in [-0.39, 0.29) is 0 Å². The third kappa shape index (κ3) is 6.94. The van der Waals surface area contributed by atoms with E-state index in [0.717, 1.165) is 43.8 Å². The monoisotopic (exact) mass is 419 g/mol. The van der Waals surface area contributed by atoms with Gasteiger partial charge in [0.1, 0.15) is 12.4 Å². The normalized spacial score (nSPS) is 21.7. The van der Waals surface area contributed by atoms with Gasteiger partial charge in [-0.05, 0) is 45.7 Å². The fourth-order valence-corrected chi connectivity index (χ4v) is 4.47. The fraction of sp³-hybridized carbons (Fsp3) is 0.864. The van der Waals surface area contributed by atoms with E-state index in [1.807, 2.05) is 18.5 Å². The highest BCUT2D eigenvalue weighted by atomic mass is 16.5. The number of nitrogens with zero attached hydrogens (tertiary/aromatic N) is 5. The van der Waals surface area contributed by atoms with Crippen molar-refractivity contribution in [1.82, 2.24) is 30.3 Å². The SMILES string of the molecule is CCN1CCCC1CNC(=NCc1nnc(C)n1C)NCCOC1CCCCCC1. The number of ether oxygens (including phenoxy) is 1. The summed E-state index contributed by atoms with van der Waals surface area (Å²) >= 11 is 0. The first-order chi connectivity index (χ1) is 14.7. The van der Waals surface area contributed by atoms with Crippen molar-refractivity contribution in [1.29, 1.82) is 0 Å². The summed E-state index contributed by atoms with van der Waals surface area (Å²) in [5.74, 6) is 2.62. The molecule has 0 radical (unpaired) electrons. The average molecular weight is 420 g/mol. The van der Waals surface area contributed by atoms with E-state index in [2.05, 4.69) is 32.7 Å². The van der Waals surface area contributed by atoms with Crippen LogP contribution in [0.2, 0.25) is 0 Å². The maximum absolute atomic E-state index is 6.13. The van der Waals surface area contributed by atoms with Crippen molar-refractivity contribution >= 4 is 5.96 Å². The molecule has 1 atom stereocenters. The number of likely N-dealkylation sites (tertiary alicyclic amines) is 1. The van der Waals surface area contributed by atoms with Crippen molar-refractivity contribution in [3.05, 3.63) is 11.6 Å². The molecule has 0 aromatic carbocycles. The van der Waals surface area contributed by atoms with Crippen LogP contribution >= 0.6 is 0 Å². The topological polar surface area (TPSA) is 79.6 Å². The first-order valence-electron chi connectivity index (χ1n) is 11.9. The molecule has 1 saturated carbocycles. The highest BCUT2D eigenvalue weighted by molar-refractivity contribution is 5.79. The lowest BCUT2D eigenvalue weighted by Gasteiger charge is -2.24. The van der Waals surface area contributed by atoms with Crippen molar-refractivity contribution < 1.29 is 4.74 Å². The Bertz CT molecular complexity index is 652. The molecular weight excluding hydrogens is 378 g/mol. The molecule has 8 heteroatoms. The molecule has 0 amide bonds. The Morgan fingerprint density at radius 3 is 2.60 bits per heavy atom. The maximum Gasteiger partial charge on any atom is 0.191 e. The largest absolute Gasteiger partial charge is 0.376 e. The predicted octanol–water partition coefficient (Wildman–Crippen LogP) is 2.38. The van der Waals surface area contributed by atoms with Gasteiger partial charge < -0.3 is 19.9 Å². The maximum atomic E-state index is 6.13. The third-order valence-corrected chi connectivity index (χ3v) is 6.52. The predicted molar refractivity (Wildman–Crippen MR) is 121 cm³/mol. The number of likely N-dealkylation sites (N-methyl/N-ethyl adjacent to an activating group) is 1. The second-order valence-corrected chi connectivity index (χ2v) is 8.60. The summed E-state index contributed by atoms with van der Waals surface area (Å²) in [6, 6.07) is 0.585. The second-order valence-electron chi connectivity index (χ2n) is 8.60. The molecule has 2 N–H and O–H groups in total. The van der Waals surface area contributed by atoms with Crippen molar-refractivity contribution in [2.24, 2.45) is 12.0 Å². The van der Waals surface area contributed by atoms with Crippen LogP contribution < -0.4 is 10.6 Å². The molecular formula is C22H41N7O. The molecule has 1 aliphatic carbocycles. The number of nitrogens with one attached hydrogen (secondary N) is 2. The summed E-state index contributed by atoms with van der Waals surface area (Å²) in [7, 11) is 1.99. The Morgan fingerprint density at radius 2 is 1.90 bits per heavy atom. The van der Waals surface area contributed by atoms with Crippen molar-refractivity contribution in [3.8, 4) is 0 Å². The lowest BCUT2D eigenvalue weighted by molar-refractivity contribution is 0.0468. The number of aryl methyl sites for hydroxylation is 1. The van der Waals surface area contributed by atoms with Crippen LogP contribution in [0.25, 0.3) is 0 Å². The van der Waals surface area contributed by atoms with Crippen LogP contribution in [0.15, 0.2) is 4.99 Å². The minimum absolute atomic E-state index is 0.431. The van der Waals surface area contributed by atoms with Crippen molar-refractivity contribution in [3.63, 3.8) is 0 Å². The van der Waals surface area contributed by atoms with Gasteiger partial charge in [-0.25, -0.2) is 4.99 Å². The van der Waals surface area contributed by atoms with Gasteiger partial charge in [-0.1, -0.05) is 32.6 Å². The molecule has 1 aromatic rings. The molecule has 0 bridgehead atoms. The minimum Gasteiger partial charge on any atom is -0.376 e. The van der Waals surface area contributed by atoms with Gasteiger partial charge in [0.25, 0.3) is 0 Å². The zero-order valence-electron chi connectivity index (χ0n) is 19.2. The zero-order chi connectivity index (χ0) is 21.2. The first kappa shape index (κ1) is 23.0. The molecule has 1 aromatic heterocycles. The number of rotatable bonds is 9. The van der Waals surface area contributed by atoms with Crippen LogP contribution in [-0.2, 0) is 18.3 Å². The van der Waals surface area contributed by atoms with Crippen molar-refractivity contribution in [2.45, 2.75) is 83.9 Å². The van der Waals surface area contributed by atoms with E-state index < -0.39 is 0 Å². The molecule has 2 heterocycles. The molecule has 8 nitrogen and oxygen atoms in total. The van der Waals surface area contributed by atoms with Gasteiger partial charge in [0.05, 0.1) is 12.7 Å². The van der Waals surface area contributed by atoms with E-state index in [0.29, 0.717) is 18.7 Å². The molecule has 1 saturated heterocycles. The molecule has 3 rings (SSSR count). The third-order valence-electron chi connectivity index (χ3n) is 6.52. The van der Waals surface area contributed by atoms with Crippen LogP contribution in [0.3, 0.4) is 0 Å². The highest BCUT2D eigenvalue weighted by Gasteiger charge is 2.22. The van der Waals surface area contributed by atoms with Gasteiger partial charge in [0, 0.05) is 26.2 Å². The first-order valence-corrected chi connectivity index (χ1v) is 11.9. The summed E-state index contributed by atoms with van der Waals surface area (Å²) in [4.78, 5) is 7.32. The van der Waals surface area contributed by atoms with E-state index in [1.165, 1.54) is 57.9 Å². The molecule has 1 unspecified atom stereocenters. The lowest BCUT2D eigenvalue weighted by Crippen LogP contribution is -2.45. The zero-order valence-corrected chi connectivity index (χ0v) is 19.2. The second kappa shape index (κ2) is 12.2. The summed E-state index contributed by atoms with van der Waals surface area (Å²) in [6.45, 7) is 9.44. The Hall–Kier alpha value is -1.67. The molecule has 2 aliphatic rings. The van der Waals surface area contributed by atoms with Gasteiger partial charge in [0.2, 0.25) is 0 Å². The molecule has 1 aliphatic heterocycles. The standard InChI is InChI=1S/C22H41N7O/c1-4-29-14-9-10-19(29)16-24-22(25-17-21-27-26-18(2)28(21)3)23-13-15-30-20-11-7-5-6-8-12-20/h19-20H,4-17H2,1-3H3,(H2,23,24,25). The van der Waals surface area contributed by atoms with Gasteiger partial charge in [0.15, 0.2) is 11.8 Å². The van der Waals surface area contributed by atoms with E-state index in [1.54, 1.807) is 0 Å². The van der Waals surface area contributed by atoms with Crippen LogP contribution in [0.1, 0.15) is 69.9 Å². The van der Waals surface area contributed by atoms with Gasteiger partial charge in [-0.15, -0.1) is 10.2 Å². The number of aliphatic imine (C=N–C) groups is 1. The van der Waals surface area contributed by atoms with E-state index in [4.69, 9.17) is 9.73 Å². The molecule has 2 fully saturated rings. The van der Waals surface area contributed by atoms with Crippen LogP contribution in [0.4, 0.5) is 0 Å². The van der Waals surface area contributed by atoms with Crippen LogP contribution in [-0.4, -0.2) is 70.6 Å². The molecule has 0 spiro atoms. The number of hydrogen-bond acceptors (Lipinski definition) is 5. The highest BCUT2D eigenvalue weighted by Crippen LogP contribution is 2.19. The van der Waals surface area contributed by atoms with Gasteiger partial charge >= 0.3 is 0 Å². The Morgan fingerprint density at radius 1 is 1.10 bits per heavy atom. The quantitative estimate of drug-likeness (QED) is 0.277. The van der Waals surface area contributed by atoms with Crippen LogP contribution in [0, 0.1) is 6.92 Å². The van der Waals surface area contributed by atoms with Crippen LogP contribution in [0.5, 0.6) is 0 Å². The summed E-state index contributed by atoms with van der Waals surface area (Å²) in [6.07, 6.45) is 10.7. The molecule has 170 valence electrons. The lowest BCUT2D eigenvalue weighted by atomic mass is 10.1. The summed E-state index contributed by atoms with van der Waals surface area (Å²) in [5.41, 5.74) is 0. The average Bonchev–Trinajstić information content (AvgIpc) is 3.24. The van der Waals surface area contributed by atoms with E-state index >= 15 is 0 Å². The summed E-state index contributed by atoms with van der Waals surface area (Å²) in [5, 5.41) is 15.4. The van der Waals surface area contributed by atoms with Gasteiger partial charge in [-0.2, -0.15) is 0 Å². The summed E-state index contributed by atoms with van der Waals surface area (Å²) < 4.78 is 8.12. The number of aromatic nitrogens is 3. The Kier molecular flexibility index (Phi) is 9.39. The number of hydrogen-bond donors (Lipinski definition) is 2. The fourth-order valence-electron chi connectivity index (χ4n) is 4.47. The van der Waals surface area contributed by atoms with E-state index in [9.17, 15) is 0 Å².